The summed E-state index contributed by atoms with van der Waals surface area (Å²) in [5.41, 5.74) is 6.46. The Balaban J connectivity index is 0.000000470. The number of fused-ring (bicyclic) bond motifs is 6. The van der Waals surface area contributed by atoms with Gasteiger partial charge in [-0.05, 0) is 161 Å². The van der Waals surface area contributed by atoms with Gasteiger partial charge in [0.25, 0.3) is 5.97 Å². The molecule has 2 saturated heterocycles. The molecule has 640 valence electrons. The summed E-state index contributed by atoms with van der Waals surface area (Å²) in [6, 6.07) is 1.56. The van der Waals surface area contributed by atoms with Gasteiger partial charge in [0.1, 0.15) is 72.3 Å². The number of likely N-dealkylation sites (tertiary alicyclic amines) is 1. The Kier molecular flexibility index (Phi) is 32.6. The second-order valence-corrected chi connectivity index (χ2v) is 32.9. The number of aromatic nitrogens is 3. The van der Waals surface area contributed by atoms with E-state index < -0.39 is 144 Å². The second kappa shape index (κ2) is 41.5. The summed E-state index contributed by atoms with van der Waals surface area (Å²) >= 11 is 0. The molecule has 117 heavy (non-hydrogen) atoms. The third-order valence-electron chi connectivity index (χ3n) is 23.6. The molecule has 2 aliphatic heterocycles. The van der Waals surface area contributed by atoms with Crippen LogP contribution in [0.5, 0.6) is 5.75 Å². The minimum atomic E-state index is -1.75. The summed E-state index contributed by atoms with van der Waals surface area (Å²) in [7, 11) is 0. The fourth-order valence-corrected chi connectivity index (χ4v) is 17.8. The normalized spacial score (nSPS) is 24.2. The number of allylic oxidation sites excluding steroid dienone is 1. The number of carboxylic acids is 1. The van der Waals surface area contributed by atoms with Crippen molar-refractivity contribution in [3.8, 4) is 5.75 Å². The zero-order valence-corrected chi connectivity index (χ0v) is 67.8. The van der Waals surface area contributed by atoms with Gasteiger partial charge in [0.05, 0.1) is 19.0 Å². The van der Waals surface area contributed by atoms with Gasteiger partial charge in [-0.25, -0.2) is 4.98 Å². The van der Waals surface area contributed by atoms with Crippen LogP contribution in [0.3, 0.4) is 0 Å². The number of Topliss-reactive ketones (excluding diaryl/α,β-unsaturated/α-hetero) is 1. The number of phenols is 1. The average Bonchev–Trinajstić information content (AvgIpc) is 1.60. The molecule has 16 atom stereocenters. The van der Waals surface area contributed by atoms with Gasteiger partial charge >= 0.3 is 0 Å². The molecule has 0 spiro atoms. The highest BCUT2D eigenvalue weighted by Crippen LogP contribution is 2.67. The average molecular weight is 1630 g/mol. The van der Waals surface area contributed by atoms with E-state index in [1.165, 1.54) is 47.3 Å². The number of aromatic amines is 2. The summed E-state index contributed by atoms with van der Waals surface area (Å²) < 4.78 is 0. The Morgan fingerprint density at radius 2 is 1.29 bits per heavy atom. The monoisotopic (exact) mass is 1630 g/mol. The molecular weight excluding hydrogens is 1510 g/mol. The first-order chi connectivity index (χ1) is 55.4. The Morgan fingerprint density at radius 1 is 0.701 bits per heavy atom. The maximum atomic E-state index is 14.7. The molecule has 10 amide bonds. The molecule has 35 heteroatoms. The van der Waals surface area contributed by atoms with E-state index >= 15 is 0 Å². The minimum Gasteiger partial charge on any atom is -0.508 e. The lowest BCUT2D eigenvalue weighted by Gasteiger charge is -2.60. The highest BCUT2D eigenvalue weighted by molar-refractivity contribution is 6.00. The lowest BCUT2D eigenvalue weighted by atomic mass is 9.45. The number of hydrogen-bond acceptors (Lipinski definition) is 20. The van der Waals surface area contributed by atoms with Gasteiger partial charge in [-0.3, -0.25) is 67.7 Å². The largest absolute Gasteiger partial charge is 0.508 e. The smallest absolute Gasteiger partial charge is 0.300 e. The molecule has 35 nitrogen and oxygen atoms in total. The van der Waals surface area contributed by atoms with Crippen LogP contribution < -0.4 is 58.9 Å². The summed E-state index contributed by atoms with van der Waals surface area (Å²) in [4.78, 5) is 184. The van der Waals surface area contributed by atoms with Crippen molar-refractivity contribution < 1.29 is 93.0 Å². The number of guanidine groups is 1. The van der Waals surface area contributed by atoms with Crippen molar-refractivity contribution in [1.29, 1.82) is 5.41 Å². The number of benzene rings is 2. The Bertz CT molecular complexity index is 4240. The number of amides is 10. The van der Waals surface area contributed by atoms with Crippen molar-refractivity contribution >= 4 is 93.5 Å². The minimum absolute atomic E-state index is 0.0380. The maximum Gasteiger partial charge on any atom is 0.300 e. The van der Waals surface area contributed by atoms with Crippen LogP contribution in [0.15, 0.2) is 78.9 Å². The zero-order chi connectivity index (χ0) is 85.8. The molecule has 10 rings (SSSR count). The van der Waals surface area contributed by atoms with Crippen LogP contribution in [0.25, 0.3) is 10.9 Å². The van der Waals surface area contributed by atoms with Gasteiger partial charge in [-0.1, -0.05) is 77.4 Å². The first-order valence-corrected chi connectivity index (χ1v) is 40.4. The fraction of sp³-hybridized carbons (Fsp3) is 0.598. The Morgan fingerprint density at radius 3 is 1.87 bits per heavy atom. The Labute approximate surface area is 679 Å². The number of carboxylic acid groups (broad SMARTS) is 1. The number of phenolic OH excluding ortho intramolecular Hbond substituents is 1. The van der Waals surface area contributed by atoms with E-state index in [1.807, 2.05) is 26.8 Å². The number of nitrogens with two attached hydrogens (primary N) is 1. The number of H-pyrrole nitrogens is 2. The number of aliphatic carboxylic acids is 1. The zero-order valence-electron chi connectivity index (χ0n) is 67.8. The molecule has 4 aromatic rings. The van der Waals surface area contributed by atoms with E-state index in [4.69, 9.17) is 21.0 Å². The summed E-state index contributed by atoms with van der Waals surface area (Å²) in [6.45, 7) is 13.4. The first-order valence-electron chi connectivity index (χ1n) is 40.4. The lowest BCUT2D eigenvalue weighted by Crippen LogP contribution is -2.62. The number of imidazole rings is 1. The number of carbonyl (C=O) groups is 13. The number of hydrogen-bond donors (Lipinski definition) is 20. The summed E-state index contributed by atoms with van der Waals surface area (Å²) in [5.74, 6) is -8.39. The predicted octanol–water partition coefficient (Wildman–Crippen LogP) is 0.644. The van der Waals surface area contributed by atoms with Crippen molar-refractivity contribution in [3.63, 3.8) is 0 Å². The van der Waals surface area contributed by atoms with Gasteiger partial charge in [-0.15, -0.1) is 0 Å². The number of likely N-dealkylation sites (N-methyl/N-ethyl adjacent to an activating group) is 1. The number of nitrogens with one attached hydrogen (secondary N) is 13. The quantitative estimate of drug-likeness (QED) is 0.0173. The van der Waals surface area contributed by atoms with Crippen LogP contribution in [-0.2, 0) is 81.6 Å². The predicted molar refractivity (Wildman–Crippen MR) is 428 cm³/mol. The standard InChI is InChI=1S/C59H84N16O12.C21H30O5.C2H4O2/c1-6-63-57(86)48-14-10-22-75(48)58(87)41(13-9-21-64-59(60)61)68-51(80)42(23-32(2)3)69-52(81)43(24-33(4)5)70-53(82)44(25-34-15-17-37(77)18-16-34)71-56(85)47(30-76)74-54(83)45(26-35-28-65-39-12-8-7-11-38(35)39)72-55(84)46(27-36-29-62-31-66-36)73-50(79)40-19-20-49(78)67-40;1-19-7-5-13(23)9-12(19)3-4-14-15-6-8-21(26,17(25)11-22)20(15,2)10-16(24)18(14)19;1-2(3)4/h7-8,11-12,15-18,28-29,31-33,40-48,65,76-77H,6,9-10,13-14,19-27,30H2,1-5H3,(H,62,66)(H,63,86)(H,67,78)(H,68,80)(H,69,81)(H,70,82)(H,71,85)(H,72,84)(H,73,79)(H,74,83)(H4,60,61,64);9,14-16,18,22,24,26H,3-8,10-11H2,1-2H3;1H3,(H,3,4)/t40-,41-,42-,43+,44-,45-,46-,47-,48-;14-,15-,16-,18+,19-,20-,21-;/m00./s1. The third kappa shape index (κ3) is 23.6. The van der Waals surface area contributed by atoms with Crippen LogP contribution in [0.2, 0.25) is 0 Å². The molecular formula is C82H118N16O19. The highest BCUT2D eigenvalue weighted by Gasteiger charge is 2.68. The van der Waals surface area contributed by atoms with E-state index in [0.29, 0.717) is 67.3 Å². The number of aliphatic hydroxyl groups is 4. The number of carbonyl (C=O) groups excluding carboxylic acids is 12. The van der Waals surface area contributed by atoms with Crippen molar-refractivity contribution in [2.75, 3.05) is 32.8 Å². The molecule has 3 saturated carbocycles. The summed E-state index contributed by atoms with van der Waals surface area (Å²) in [6.07, 6.45) is 11.5. The molecule has 2 aromatic heterocycles. The lowest BCUT2D eigenvalue weighted by molar-refractivity contribution is -0.182. The summed E-state index contributed by atoms with van der Waals surface area (Å²) in [5, 5.41) is 95.3. The number of ketones is 2. The first kappa shape index (κ1) is 91.9. The van der Waals surface area contributed by atoms with E-state index in [2.05, 4.69) is 75.0 Å². The third-order valence-corrected chi connectivity index (χ3v) is 23.6. The number of para-hydroxylation sites is 1. The van der Waals surface area contributed by atoms with Crippen LogP contribution >= 0.6 is 0 Å². The molecule has 0 bridgehead atoms. The van der Waals surface area contributed by atoms with E-state index in [9.17, 15) is 83.1 Å². The number of rotatable bonds is 34. The van der Waals surface area contributed by atoms with Crippen molar-refractivity contribution in [2.45, 2.75) is 237 Å². The van der Waals surface area contributed by atoms with Crippen LogP contribution in [0.4, 0.5) is 0 Å². The SMILES string of the molecule is CC(=O)O.CCNC(=O)[C@@H]1CCCN1C(=O)[C@H](CCCNC(=N)N)NC(=O)[C@H](CC(C)C)NC(=O)[C@@H](CC(C)C)NC(=O)[C@H](Cc1ccc(O)cc1)NC(=O)[C@H](CO)NC(=O)[C@H](Cc1c[nH]c2ccccc12)NC(=O)[C@H](Cc1cnc[nH]1)NC(=O)[C@@H]1CCC(=O)N1.C[C@]12CCC(=O)C=C1CC[C@@H]1[C@@H]2[C@@H](O)C[C@@]2(C)[C@H]1CC[C@]2(O)C(=O)CO. The molecule has 4 aliphatic carbocycles. The molecule has 6 aliphatic rings. The van der Waals surface area contributed by atoms with E-state index in [-0.39, 0.29) is 129 Å². The van der Waals surface area contributed by atoms with Crippen LogP contribution in [-0.4, -0.2) is 232 Å². The van der Waals surface area contributed by atoms with Gasteiger partial charge < -0.3 is 104 Å². The van der Waals surface area contributed by atoms with Gasteiger partial charge in [0.2, 0.25) is 59.1 Å². The van der Waals surface area contributed by atoms with E-state index in [0.717, 1.165) is 38.1 Å². The molecule has 5 fully saturated rings. The van der Waals surface area contributed by atoms with Gasteiger partial charge in [0, 0.05) is 93.1 Å². The molecule has 0 unspecified atom stereocenters. The van der Waals surface area contributed by atoms with Crippen molar-refractivity contribution in [1.82, 2.24) is 73.0 Å². The maximum absolute atomic E-state index is 14.7. The number of aliphatic hydroxyl groups excluding tert-OH is 3. The molecule has 4 heterocycles. The molecule has 2 aromatic carbocycles. The van der Waals surface area contributed by atoms with E-state index in [1.54, 1.807) is 51.2 Å². The van der Waals surface area contributed by atoms with Crippen molar-refractivity contribution in [3.05, 3.63) is 95.7 Å². The Hall–Kier alpha value is -10.6. The van der Waals surface area contributed by atoms with Crippen molar-refractivity contribution in [2.24, 2.45) is 46.2 Å². The molecule has 21 N–H and O–H groups in total. The van der Waals surface area contributed by atoms with Gasteiger partial charge in [0.15, 0.2) is 17.5 Å². The van der Waals surface area contributed by atoms with Gasteiger partial charge in [-0.2, -0.15) is 0 Å². The highest BCUT2D eigenvalue weighted by atomic mass is 16.4. The molecule has 0 radical (unpaired) electrons. The van der Waals surface area contributed by atoms with Crippen LogP contribution in [0.1, 0.15) is 169 Å². The fourth-order valence-electron chi connectivity index (χ4n) is 17.8. The topological polar surface area (TPSA) is 561 Å². The second-order valence-electron chi connectivity index (χ2n) is 32.9. The number of aromatic hydroxyl groups is 1. The number of nitrogens with zero attached hydrogens (tertiary/aromatic N) is 2. The van der Waals surface area contributed by atoms with Crippen LogP contribution in [0, 0.1) is 45.8 Å².